The third kappa shape index (κ3) is 14.9. The van der Waals surface area contributed by atoms with Crippen LogP contribution in [0, 0.1) is 41.4 Å². The number of carbonyl (C=O) groups is 2. The van der Waals surface area contributed by atoms with Crippen molar-refractivity contribution in [2.75, 3.05) is 7.11 Å². The standard InChI is InChI=1S/C46H88O7Si2/c1-21-24-30(2)29-33(5)41(52-54(17,18)45(10,11)12)31(3)25-22-23-26-38(47)34(6)40(48)36(8)43(53-55(19,20)46(13,14)15)37(9)42-32(4)27-28-39(51-42)35(7)44(49)50-16/h22,25,29-32,34-39,41-43,47H,21,23-24,26-28H2,1-20H3/b25-22+,33-29+/t30-,31-,32+,34+,35+,36+,37-,38-,39+,41-,42+,43+/m1/s1. The average Bonchev–Trinajstić information content (AvgIpc) is 3.08. The summed E-state index contributed by atoms with van der Waals surface area (Å²) in [7, 11) is -2.91. The van der Waals surface area contributed by atoms with Crippen molar-refractivity contribution in [3.63, 3.8) is 0 Å². The minimum atomic E-state index is -2.31. The number of ether oxygens (including phenoxy) is 2. The summed E-state index contributed by atoms with van der Waals surface area (Å²) < 4.78 is 26.0. The Bertz CT molecular complexity index is 1250. The quantitative estimate of drug-likeness (QED) is 0.0701. The Morgan fingerprint density at radius 3 is 1.93 bits per heavy atom. The van der Waals surface area contributed by atoms with Crippen LogP contribution in [-0.4, -0.2) is 71.1 Å². The first kappa shape index (κ1) is 51.9. The summed E-state index contributed by atoms with van der Waals surface area (Å²) in [6.45, 7) is 41.7. The number of allylic oxidation sites excluding steroid dienone is 2. The highest BCUT2D eigenvalue weighted by Gasteiger charge is 2.47. The van der Waals surface area contributed by atoms with Gasteiger partial charge in [-0.15, -0.1) is 0 Å². The van der Waals surface area contributed by atoms with Crippen molar-refractivity contribution >= 4 is 28.4 Å². The predicted molar refractivity (Wildman–Crippen MR) is 236 cm³/mol. The number of esters is 1. The molecule has 1 heterocycles. The second-order valence-corrected chi connectivity index (χ2v) is 30.1. The van der Waals surface area contributed by atoms with Crippen LogP contribution in [0.5, 0.6) is 0 Å². The second kappa shape index (κ2) is 21.8. The van der Waals surface area contributed by atoms with E-state index in [1.54, 1.807) is 0 Å². The molecular formula is C46H88O7Si2. The monoisotopic (exact) mass is 809 g/mol. The van der Waals surface area contributed by atoms with Gasteiger partial charge in [0.2, 0.25) is 0 Å². The molecular weight excluding hydrogens is 721 g/mol. The van der Waals surface area contributed by atoms with E-state index in [0.717, 1.165) is 25.7 Å². The van der Waals surface area contributed by atoms with Crippen LogP contribution in [0.15, 0.2) is 23.8 Å². The molecule has 0 bridgehead atoms. The molecule has 9 heteroatoms. The molecule has 12 atom stereocenters. The first-order chi connectivity index (χ1) is 25.0. The van der Waals surface area contributed by atoms with Crippen molar-refractivity contribution in [2.24, 2.45) is 41.4 Å². The molecule has 1 saturated heterocycles. The number of carbonyl (C=O) groups excluding carboxylic acids is 2. The summed E-state index contributed by atoms with van der Waals surface area (Å²) in [6, 6.07) is 0. The summed E-state index contributed by atoms with van der Waals surface area (Å²) >= 11 is 0. The predicted octanol–water partition coefficient (Wildman–Crippen LogP) is 12.0. The van der Waals surface area contributed by atoms with Crippen molar-refractivity contribution < 1.29 is 33.0 Å². The lowest BCUT2D eigenvalue weighted by atomic mass is 9.76. The van der Waals surface area contributed by atoms with Crippen LogP contribution in [0.2, 0.25) is 36.3 Å². The molecule has 0 saturated carbocycles. The second-order valence-electron chi connectivity index (χ2n) is 20.6. The van der Waals surface area contributed by atoms with Gasteiger partial charge in [-0.25, -0.2) is 0 Å². The zero-order chi connectivity index (χ0) is 42.9. The van der Waals surface area contributed by atoms with E-state index < -0.39 is 40.7 Å². The average molecular weight is 809 g/mol. The maximum absolute atomic E-state index is 14.3. The molecule has 0 aromatic carbocycles. The van der Waals surface area contributed by atoms with Crippen LogP contribution in [0.4, 0.5) is 0 Å². The molecule has 1 aliphatic heterocycles. The van der Waals surface area contributed by atoms with E-state index in [1.807, 2.05) is 20.8 Å². The molecule has 0 amide bonds. The third-order valence-corrected chi connectivity index (χ3v) is 22.6. The molecule has 1 fully saturated rings. The number of aliphatic hydroxyl groups excluding tert-OH is 1. The van der Waals surface area contributed by atoms with Gasteiger partial charge in [0.15, 0.2) is 16.6 Å². The van der Waals surface area contributed by atoms with Gasteiger partial charge in [-0.2, -0.15) is 0 Å². The molecule has 0 aromatic rings. The summed E-state index contributed by atoms with van der Waals surface area (Å²) in [6.07, 6.45) is 10.4. The lowest BCUT2D eigenvalue weighted by molar-refractivity contribution is -0.168. The number of methoxy groups -OCH3 is 1. The number of Topliss-reactive ketones (excluding diaryl/α,β-unsaturated/α-hetero) is 1. The van der Waals surface area contributed by atoms with Gasteiger partial charge in [0.25, 0.3) is 0 Å². The Kier molecular flexibility index (Phi) is 20.5. The van der Waals surface area contributed by atoms with E-state index in [9.17, 15) is 14.7 Å². The van der Waals surface area contributed by atoms with Gasteiger partial charge < -0.3 is 23.4 Å². The lowest BCUT2D eigenvalue weighted by Gasteiger charge is -2.47. The van der Waals surface area contributed by atoms with Gasteiger partial charge in [-0.05, 0) is 99.6 Å². The van der Waals surface area contributed by atoms with Crippen molar-refractivity contribution in [3.8, 4) is 0 Å². The smallest absolute Gasteiger partial charge is 0.311 e. The molecule has 1 N–H and O–H groups in total. The normalized spacial score (nSPS) is 24.4. The first-order valence-electron chi connectivity index (χ1n) is 21.7. The first-order valence-corrected chi connectivity index (χ1v) is 27.5. The molecule has 0 aliphatic carbocycles. The van der Waals surface area contributed by atoms with Crippen molar-refractivity contribution in [3.05, 3.63) is 23.8 Å². The fourth-order valence-corrected chi connectivity index (χ4v) is 10.4. The molecule has 1 aliphatic rings. The van der Waals surface area contributed by atoms with E-state index in [1.165, 1.54) is 12.7 Å². The summed E-state index contributed by atoms with van der Waals surface area (Å²) in [5.41, 5.74) is 1.29. The Morgan fingerprint density at radius 2 is 1.42 bits per heavy atom. The third-order valence-electron chi connectivity index (χ3n) is 13.7. The highest BCUT2D eigenvalue weighted by molar-refractivity contribution is 6.74. The van der Waals surface area contributed by atoms with E-state index in [2.05, 4.69) is 128 Å². The summed E-state index contributed by atoms with van der Waals surface area (Å²) in [5, 5.41) is 11.5. The summed E-state index contributed by atoms with van der Waals surface area (Å²) in [5.74, 6) is -0.795. The molecule has 7 nitrogen and oxygen atoms in total. The lowest BCUT2D eigenvalue weighted by Crippen LogP contribution is -2.54. The molecule has 0 aromatic heterocycles. The fraction of sp³-hybridized carbons (Fsp3) is 0.870. The molecule has 1 rings (SSSR count). The molecule has 322 valence electrons. The Hall–Kier alpha value is -1.11. The maximum Gasteiger partial charge on any atom is 0.311 e. The number of hydrogen-bond acceptors (Lipinski definition) is 7. The van der Waals surface area contributed by atoms with E-state index in [4.69, 9.17) is 18.3 Å². The number of aliphatic hydroxyl groups is 1. The van der Waals surface area contributed by atoms with Crippen molar-refractivity contribution in [1.82, 2.24) is 0 Å². The van der Waals surface area contributed by atoms with Crippen molar-refractivity contribution in [2.45, 2.75) is 209 Å². The zero-order valence-electron chi connectivity index (χ0n) is 39.3. The zero-order valence-corrected chi connectivity index (χ0v) is 41.3. The van der Waals surface area contributed by atoms with E-state index in [0.29, 0.717) is 18.8 Å². The number of rotatable bonds is 21. The maximum atomic E-state index is 14.3. The molecule has 0 unspecified atom stereocenters. The van der Waals surface area contributed by atoms with Crippen LogP contribution < -0.4 is 0 Å². The van der Waals surface area contributed by atoms with Crippen LogP contribution in [-0.2, 0) is 27.9 Å². The highest BCUT2D eigenvalue weighted by Crippen LogP contribution is 2.43. The van der Waals surface area contributed by atoms with Gasteiger partial charge in [0.1, 0.15) is 5.78 Å². The topological polar surface area (TPSA) is 91.3 Å². The van der Waals surface area contributed by atoms with E-state index in [-0.39, 0.29) is 63.8 Å². The van der Waals surface area contributed by atoms with Gasteiger partial charge in [-0.3, -0.25) is 9.59 Å². The van der Waals surface area contributed by atoms with Gasteiger partial charge in [-0.1, -0.05) is 115 Å². The number of hydrogen-bond donors (Lipinski definition) is 1. The minimum absolute atomic E-state index is 0.00244. The highest BCUT2D eigenvalue weighted by atomic mass is 28.4. The van der Waals surface area contributed by atoms with Crippen LogP contribution >= 0.6 is 0 Å². The van der Waals surface area contributed by atoms with Crippen LogP contribution in [0.1, 0.15) is 142 Å². The minimum Gasteiger partial charge on any atom is -0.469 e. The Balaban J connectivity index is 3.24. The molecule has 0 radical (unpaired) electrons. The van der Waals surface area contributed by atoms with Crippen LogP contribution in [0.3, 0.4) is 0 Å². The largest absolute Gasteiger partial charge is 0.469 e. The van der Waals surface area contributed by atoms with Gasteiger partial charge in [0, 0.05) is 23.7 Å². The molecule has 55 heavy (non-hydrogen) atoms. The molecule has 0 spiro atoms. The van der Waals surface area contributed by atoms with Crippen molar-refractivity contribution in [1.29, 1.82) is 0 Å². The van der Waals surface area contributed by atoms with Gasteiger partial charge >= 0.3 is 5.97 Å². The fourth-order valence-electron chi connectivity index (χ4n) is 7.60. The number of ketones is 1. The van der Waals surface area contributed by atoms with E-state index >= 15 is 0 Å². The van der Waals surface area contributed by atoms with Crippen LogP contribution in [0.25, 0.3) is 0 Å². The Morgan fingerprint density at radius 1 is 0.873 bits per heavy atom. The van der Waals surface area contributed by atoms with Gasteiger partial charge in [0.05, 0.1) is 43.5 Å². The SMILES string of the molecule is CCC[C@@H](C)/C=C(\C)[C@H](O[Si](C)(C)C(C)(C)C)[C@H](C)/C=C/CC[C@@H](O)[C@H](C)C(=O)[C@H](C)[C@H](O[Si](C)(C)C(C)(C)C)[C@H](C)[C@H]1O[C@H]([C@H](C)C(=O)OC)CC[C@@H]1C. The summed E-state index contributed by atoms with van der Waals surface area (Å²) in [4.78, 5) is 26.8. The Labute approximate surface area is 341 Å².